The van der Waals surface area contributed by atoms with Crippen LogP contribution in [0.5, 0.6) is 0 Å². The van der Waals surface area contributed by atoms with Crippen molar-refractivity contribution < 1.29 is 4.79 Å². The number of aromatic nitrogens is 2. The van der Waals surface area contributed by atoms with E-state index >= 15 is 0 Å². The number of nitrogen functional groups attached to an aromatic ring is 1. The fraction of sp³-hybridized carbons (Fsp3) is 0.450. The highest BCUT2D eigenvalue weighted by molar-refractivity contribution is 6.34. The van der Waals surface area contributed by atoms with Crippen LogP contribution in [-0.2, 0) is 6.54 Å². The monoisotopic (exact) mass is 406 g/mol. The predicted octanol–water partition coefficient (Wildman–Crippen LogP) is 3.41. The number of nitrogens with two attached hydrogens (primary N) is 1. The molecule has 0 aliphatic rings. The van der Waals surface area contributed by atoms with Gasteiger partial charge in [0.25, 0.3) is 11.5 Å². The lowest BCUT2D eigenvalue weighted by Crippen LogP contribution is -2.41. The Morgan fingerprint density at radius 1 is 1.14 bits per heavy atom. The van der Waals surface area contributed by atoms with Crippen molar-refractivity contribution in [1.82, 2.24) is 9.55 Å². The summed E-state index contributed by atoms with van der Waals surface area (Å²) in [6.45, 7) is 4.71. The Bertz CT molecular complexity index is 936. The van der Waals surface area contributed by atoms with Crippen LogP contribution in [0.3, 0.4) is 0 Å². The van der Waals surface area contributed by atoms with Gasteiger partial charge in [-0.1, -0.05) is 56.8 Å². The zero-order valence-corrected chi connectivity index (χ0v) is 17.1. The summed E-state index contributed by atoms with van der Waals surface area (Å²) in [5.41, 5.74) is 5.24. The van der Waals surface area contributed by atoms with E-state index in [1.165, 1.54) is 9.47 Å². The Hall–Kier alpha value is -2.54. The van der Waals surface area contributed by atoms with Gasteiger partial charge in [0.05, 0.1) is 10.6 Å². The number of unbranched alkanes of at least 4 members (excludes halogenated alkanes) is 3. The third-order valence-corrected chi connectivity index (χ3v) is 4.88. The first-order chi connectivity index (χ1) is 13.4. The number of benzene rings is 1. The van der Waals surface area contributed by atoms with Crippen molar-refractivity contribution in [3.8, 4) is 0 Å². The predicted molar refractivity (Wildman–Crippen MR) is 113 cm³/mol. The number of carbonyl (C=O) groups excluding carboxylic acids is 1. The molecule has 0 radical (unpaired) electrons. The highest BCUT2D eigenvalue weighted by Crippen LogP contribution is 2.24. The molecule has 2 aromatic rings. The normalized spacial score (nSPS) is 10.8. The summed E-state index contributed by atoms with van der Waals surface area (Å²) >= 11 is 6.20. The molecular weight excluding hydrogens is 380 g/mol. The van der Waals surface area contributed by atoms with Gasteiger partial charge in [0.1, 0.15) is 5.82 Å². The summed E-state index contributed by atoms with van der Waals surface area (Å²) in [5.74, 6) is -0.418. The van der Waals surface area contributed by atoms with E-state index in [1.807, 2.05) is 13.8 Å². The van der Waals surface area contributed by atoms with E-state index in [0.717, 1.165) is 25.7 Å². The number of halogens is 1. The summed E-state index contributed by atoms with van der Waals surface area (Å²) in [6, 6.07) is 6.66. The average molecular weight is 407 g/mol. The maximum atomic E-state index is 13.2. The molecule has 0 saturated carbocycles. The smallest absolute Gasteiger partial charge is 0.330 e. The van der Waals surface area contributed by atoms with E-state index in [1.54, 1.807) is 24.3 Å². The standard InChI is InChI=1S/C20H27ClN4O3/c1-3-5-9-13-24(19(27)14-10-7-8-11-15(14)21)16-17(22)25(12-6-4-2)20(28)23-18(16)26/h7-8,10-11H,3-6,9,12-13,22H2,1-2H3,(H,23,26,28). The molecule has 1 aromatic heterocycles. The van der Waals surface area contributed by atoms with Crippen molar-refractivity contribution in [2.45, 2.75) is 52.5 Å². The van der Waals surface area contributed by atoms with E-state index in [4.69, 9.17) is 17.3 Å². The molecule has 0 unspecified atom stereocenters. The molecule has 0 aliphatic heterocycles. The molecule has 152 valence electrons. The number of anilines is 2. The average Bonchev–Trinajstić information content (AvgIpc) is 2.66. The minimum Gasteiger partial charge on any atom is -0.383 e. The number of aromatic amines is 1. The van der Waals surface area contributed by atoms with Crippen LogP contribution in [0, 0.1) is 0 Å². The van der Waals surface area contributed by atoms with Gasteiger partial charge in [-0.25, -0.2) is 4.79 Å². The van der Waals surface area contributed by atoms with Gasteiger partial charge in [0, 0.05) is 13.1 Å². The number of amides is 1. The number of rotatable bonds is 9. The third kappa shape index (κ3) is 4.84. The maximum Gasteiger partial charge on any atom is 0.330 e. The van der Waals surface area contributed by atoms with E-state index in [2.05, 4.69) is 4.98 Å². The number of carbonyl (C=O) groups is 1. The van der Waals surface area contributed by atoms with Crippen molar-refractivity contribution in [3.63, 3.8) is 0 Å². The molecule has 0 bridgehead atoms. The molecule has 0 aliphatic carbocycles. The van der Waals surface area contributed by atoms with Crippen LogP contribution < -0.4 is 21.9 Å². The number of hydrogen-bond acceptors (Lipinski definition) is 4. The minimum atomic E-state index is -0.674. The van der Waals surface area contributed by atoms with Crippen molar-refractivity contribution in [3.05, 3.63) is 55.7 Å². The molecule has 1 heterocycles. The second kappa shape index (κ2) is 10.1. The topological polar surface area (TPSA) is 101 Å². The summed E-state index contributed by atoms with van der Waals surface area (Å²) < 4.78 is 1.31. The molecule has 0 atom stereocenters. The molecule has 1 aromatic carbocycles. The van der Waals surface area contributed by atoms with Gasteiger partial charge in [0.2, 0.25) is 0 Å². The van der Waals surface area contributed by atoms with E-state index in [9.17, 15) is 14.4 Å². The lowest BCUT2D eigenvalue weighted by molar-refractivity contribution is 0.0986. The first kappa shape index (κ1) is 21.8. The van der Waals surface area contributed by atoms with Gasteiger partial charge in [-0.2, -0.15) is 0 Å². The van der Waals surface area contributed by atoms with Gasteiger partial charge in [-0.15, -0.1) is 0 Å². The Morgan fingerprint density at radius 2 is 1.82 bits per heavy atom. The van der Waals surface area contributed by atoms with Crippen LogP contribution in [0.4, 0.5) is 11.5 Å². The van der Waals surface area contributed by atoms with Crippen LogP contribution in [0.15, 0.2) is 33.9 Å². The SMILES string of the molecule is CCCCCN(C(=O)c1ccccc1Cl)c1c(N)n(CCCC)c(=O)[nH]c1=O. The van der Waals surface area contributed by atoms with Gasteiger partial charge < -0.3 is 10.6 Å². The van der Waals surface area contributed by atoms with E-state index in [0.29, 0.717) is 24.5 Å². The highest BCUT2D eigenvalue weighted by Gasteiger charge is 2.26. The van der Waals surface area contributed by atoms with Crippen LogP contribution in [0.25, 0.3) is 0 Å². The van der Waals surface area contributed by atoms with Crippen molar-refractivity contribution >= 4 is 29.0 Å². The Kier molecular flexibility index (Phi) is 7.87. The van der Waals surface area contributed by atoms with Crippen LogP contribution in [0.2, 0.25) is 5.02 Å². The second-order valence-corrected chi connectivity index (χ2v) is 7.05. The maximum absolute atomic E-state index is 13.2. The molecule has 0 saturated heterocycles. The first-order valence-electron chi connectivity index (χ1n) is 9.61. The van der Waals surface area contributed by atoms with E-state index in [-0.39, 0.29) is 17.1 Å². The number of H-pyrrole nitrogens is 1. The Labute approximate surface area is 169 Å². The molecule has 0 spiro atoms. The molecule has 8 heteroatoms. The lowest BCUT2D eigenvalue weighted by atomic mass is 10.1. The van der Waals surface area contributed by atoms with Crippen LogP contribution >= 0.6 is 11.6 Å². The molecule has 2 rings (SSSR count). The molecule has 1 amide bonds. The van der Waals surface area contributed by atoms with Crippen molar-refractivity contribution in [2.24, 2.45) is 0 Å². The summed E-state index contributed by atoms with van der Waals surface area (Å²) in [7, 11) is 0. The minimum absolute atomic E-state index is 0.000831. The molecule has 0 fully saturated rings. The van der Waals surface area contributed by atoms with Crippen molar-refractivity contribution in [2.75, 3.05) is 17.2 Å². The molecular formula is C20H27ClN4O3. The first-order valence-corrected chi connectivity index (χ1v) is 9.99. The quantitative estimate of drug-likeness (QED) is 0.623. The Morgan fingerprint density at radius 3 is 2.46 bits per heavy atom. The fourth-order valence-electron chi connectivity index (χ4n) is 2.99. The van der Waals surface area contributed by atoms with Crippen molar-refractivity contribution in [1.29, 1.82) is 0 Å². The number of nitrogens with one attached hydrogen (secondary N) is 1. The largest absolute Gasteiger partial charge is 0.383 e. The summed E-state index contributed by atoms with van der Waals surface area (Å²) in [6.07, 6.45) is 4.12. The third-order valence-electron chi connectivity index (χ3n) is 4.55. The number of hydrogen-bond donors (Lipinski definition) is 2. The molecule has 28 heavy (non-hydrogen) atoms. The molecule has 3 N–H and O–H groups in total. The molecule has 7 nitrogen and oxygen atoms in total. The van der Waals surface area contributed by atoms with Gasteiger partial charge in [-0.3, -0.25) is 19.1 Å². The van der Waals surface area contributed by atoms with Gasteiger partial charge >= 0.3 is 5.69 Å². The second-order valence-electron chi connectivity index (χ2n) is 6.64. The van der Waals surface area contributed by atoms with Gasteiger partial charge in [0.15, 0.2) is 5.69 Å². The van der Waals surface area contributed by atoms with Gasteiger partial charge in [-0.05, 0) is 25.0 Å². The van der Waals surface area contributed by atoms with E-state index < -0.39 is 17.2 Å². The van der Waals surface area contributed by atoms with Crippen LogP contribution in [0.1, 0.15) is 56.3 Å². The zero-order chi connectivity index (χ0) is 20.7. The Balaban J connectivity index is 2.57. The van der Waals surface area contributed by atoms with Crippen LogP contribution in [-0.4, -0.2) is 22.0 Å². The summed E-state index contributed by atoms with van der Waals surface area (Å²) in [5, 5.41) is 0.294. The highest BCUT2D eigenvalue weighted by atomic mass is 35.5. The number of nitrogens with zero attached hydrogens (tertiary/aromatic N) is 2. The summed E-state index contributed by atoms with van der Waals surface area (Å²) in [4.78, 5) is 41.7. The zero-order valence-electron chi connectivity index (χ0n) is 16.3. The fourth-order valence-corrected chi connectivity index (χ4v) is 3.21. The lowest BCUT2D eigenvalue weighted by Gasteiger charge is -2.25.